The van der Waals surface area contributed by atoms with Crippen LogP contribution in [-0.2, 0) is 0 Å². The molecule has 3 rings (SSSR count). The molecule has 0 aliphatic carbocycles. The summed E-state index contributed by atoms with van der Waals surface area (Å²) in [6, 6.07) is 12.1. The smallest absolute Gasteiger partial charge is 0.335 e. The lowest BCUT2D eigenvalue weighted by atomic mass is 10.1. The van der Waals surface area contributed by atoms with Gasteiger partial charge in [0.2, 0.25) is 5.88 Å². The summed E-state index contributed by atoms with van der Waals surface area (Å²) in [6.45, 7) is 1.76. The van der Waals surface area contributed by atoms with E-state index in [1.54, 1.807) is 37.3 Å². The number of aromatic nitrogens is 1. The second kappa shape index (κ2) is 9.34. The van der Waals surface area contributed by atoms with Crippen LogP contribution in [0.15, 0.2) is 54.7 Å². The van der Waals surface area contributed by atoms with Crippen molar-refractivity contribution in [1.82, 2.24) is 10.3 Å². The SMILES string of the molecule is CC(NC(=O)c1cc(Cl)cnc1Oc1cccc(Cl)c1Cl)c1ccc(C(=O)O)cc1. The van der Waals surface area contributed by atoms with Crippen LogP contribution in [0.4, 0.5) is 0 Å². The number of nitrogens with one attached hydrogen (secondary N) is 1. The van der Waals surface area contributed by atoms with Crippen LogP contribution in [0.5, 0.6) is 11.6 Å². The van der Waals surface area contributed by atoms with Gasteiger partial charge >= 0.3 is 5.97 Å². The lowest BCUT2D eigenvalue weighted by Gasteiger charge is -2.16. The summed E-state index contributed by atoms with van der Waals surface area (Å²) in [4.78, 5) is 28.0. The lowest BCUT2D eigenvalue weighted by molar-refractivity contribution is 0.0696. The molecule has 0 spiro atoms. The van der Waals surface area contributed by atoms with Crippen molar-refractivity contribution < 1.29 is 19.4 Å². The van der Waals surface area contributed by atoms with Crippen LogP contribution in [0.2, 0.25) is 15.1 Å². The first-order valence-electron chi connectivity index (χ1n) is 8.67. The van der Waals surface area contributed by atoms with Gasteiger partial charge in [-0.2, -0.15) is 0 Å². The number of carbonyl (C=O) groups excluding carboxylic acids is 1. The first kappa shape index (κ1) is 21.9. The zero-order chi connectivity index (χ0) is 21.8. The van der Waals surface area contributed by atoms with Crippen LogP contribution >= 0.6 is 34.8 Å². The number of carboxylic acids is 1. The van der Waals surface area contributed by atoms with Gasteiger partial charge in [-0.25, -0.2) is 9.78 Å². The van der Waals surface area contributed by atoms with Crippen molar-refractivity contribution in [2.45, 2.75) is 13.0 Å². The van der Waals surface area contributed by atoms with E-state index in [1.807, 2.05) is 0 Å². The molecule has 1 atom stereocenters. The van der Waals surface area contributed by atoms with Crippen molar-refractivity contribution in [2.24, 2.45) is 0 Å². The molecule has 0 fully saturated rings. The van der Waals surface area contributed by atoms with Crippen LogP contribution in [-0.4, -0.2) is 22.0 Å². The topological polar surface area (TPSA) is 88.5 Å². The highest BCUT2D eigenvalue weighted by Crippen LogP contribution is 2.35. The molecule has 0 saturated carbocycles. The number of halogens is 3. The Labute approximate surface area is 187 Å². The molecular formula is C21H15Cl3N2O4. The Balaban J connectivity index is 1.83. The van der Waals surface area contributed by atoms with E-state index in [-0.39, 0.29) is 32.8 Å². The molecule has 0 saturated heterocycles. The Hall–Kier alpha value is -2.80. The Bertz CT molecular complexity index is 1100. The Morgan fingerprint density at radius 2 is 1.80 bits per heavy atom. The number of pyridine rings is 1. The van der Waals surface area contributed by atoms with Crippen molar-refractivity contribution in [1.29, 1.82) is 0 Å². The molecule has 0 aliphatic heterocycles. The maximum atomic E-state index is 12.9. The van der Waals surface area contributed by atoms with Crippen molar-refractivity contribution in [3.8, 4) is 11.6 Å². The van der Waals surface area contributed by atoms with E-state index in [2.05, 4.69) is 10.3 Å². The van der Waals surface area contributed by atoms with Crippen LogP contribution in [0.3, 0.4) is 0 Å². The number of hydrogen-bond acceptors (Lipinski definition) is 4. The molecule has 0 radical (unpaired) electrons. The lowest BCUT2D eigenvalue weighted by Crippen LogP contribution is -2.27. The van der Waals surface area contributed by atoms with Gasteiger partial charge in [0.1, 0.15) is 16.3 Å². The summed E-state index contributed by atoms with van der Waals surface area (Å²) in [5.74, 6) is -1.25. The van der Waals surface area contributed by atoms with E-state index in [0.717, 1.165) is 5.56 Å². The van der Waals surface area contributed by atoms with Gasteiger partial charge in [-0.05, 0) is 42.8 Å². The van der Waals surface area contributed by atoms with E-state index < -0.39 is 17.9 Å². The molecular weight excluding hydrogens is 451 g/mol. The zero-order valence-corrected chi connectivity index (χ0v) is 17.8. The fraction of sp³-hybridized carbons (Fsp3) is 0.0952. The van der Waals surface area contributed by atoms with E-state index in [0.29, 0.717) is 5.02 Å². The van der Waals surface area contributed by atoms with Gasteiger partial charge in [-0.15, -0.1) is 0 Å². The molecule has 1 heterocycles. The van der Waals surface area contributed by atoms with E-state index in [4.69, 9.17) is 44.6 Å². The zero-order valence-electron chi connectivity index (χ0n) is 15.5. The van der Waals surface area contributed by atoms with Gasteiger partial charge in [-0.3, -0.25) is 4.79 Å². The molecule has 0 aliphatic rings. The molecule has 2 aromatic carbocycles. The van der Waals surface area contributed by atoms with E-state index >= 15 is 0 Å². The number of rotatable bonds is 6. The van der Waals surface area contributed by atoms with Gasteiger partial charge < -0.3 is 15.2 Å². The second-order valence-electron chi connectivity index (χ2n) is 6.28. The molecule has 30 heavy (non-hydrogen) atoms. The molecule has 0 bridgehead atoms. The third-order valence-corrected chi connectivity index (χ3v) is 5.20. The van der Waals surface area contributed by atoms with Crippen molar-refractivity contribution in [3.05, 3.63) is 86.5 Å². The highest BCUT2D eigenvalue weighted by Gasteiger charge is 2.20. The molecule has 9 heteroatoms. The minimum Gasteiger partial charge on any atom is -0.478 e. The Kier molecular flexibility index (Phi) is 6.82. The highest BCUT2D eigenvalue weighted by molar-refractivity contribution is 6.42. The second-order valence-corrected chi connectivity index (χ2v) is 7.50. The monoisotopic (exact) mass is 464 g/mol. The number of amides is 1. The number of benzene rings is 2. The molecule has 1 aromatic heterocycles. The van der Waals surface area contributed by atoms with Crippen molar-refractivity contribution in [2.75, 3.05) is 0 Å². The van der Waals surface area contributed by atoms with E-state index in [1.165, 1.54) is 24.4 Å². The molecule has 2 N–H and O–H groups in total. The molecule has 6 nitrogen and oxygen atoms in total. The number of hydrogen-bond donors (Lipinski definition) is 2. The van der Waals surface area contributed by atoms with Gasteiger partial charge in [0.05, 0.1) is 21.7 Å². The predicted octanol–water partition coefficient (Wildman–Crippen LogP) is 6.02. The normalized spacial score (nSPS) is 11.6. The quantitative estimate of drug-likeness (QED) is 0.464. The third kappa shape index (κ3) is 5.02. The summed E-state index contributed by atoms with van der Waals surface area (Å²) in [5.41, 5.74) is 0.988. The summed E-state index contributed by atoms with van der Waals surface area (Å²) in [6.07, 6.45) is 1.35. The van der Waals surface area contributed by atoms with Crippen LogP contribution < -0.4 is 10.1 Å². The average Bonchev–Trinajstić information content (AvgIpc) is 2.72. The highest BCUT2D eigenvalue weighted by atomic mass is 35.5. The maximum Gasteiger partial charge on any atom is 0.335 e. The Morgan fingerprint density at radius 1 is 1.10 bits per heavy atom. The minimum atomic E-state index is -1.02. The van der Waals surface area contributed by atoms with Crippen molar-refractivity contribution in [3.63, 3.8) is 0 Å². The molecule has 1 amide bonds. The van der Waals surface area contributed by atoms with Gasteiger partial charge in [0.15, 0.2) is 0 Å². The van der Waals surface area contributed by atoms with Crippen LogP contribution in [0, 0.1) is 0 Å². The standard InChI is InChI=1S/C21H15Cl3N2O4/c1-11(12-5-7-13(8-6-12)21(28)29)26-19(27)15-9-14(22)10-25-20(15)30-17-4-2-3-16(23)18(17)24/h2-11H,1H3,(H,26,27)(H,28,29). The van der Waals surface area contributed by atoms with Crippen LogP contribution in [0.25, 0.3) is 0 Å². The number of carboxylic acid groups (broad SMARTS) is 1. The minimum absolute atomic E-state index is 0.00879. The number of aromatic carboxylic acids is 1. The average molecular weight is 466 g/mol. The summed E-state index contributed by atoms with van der Waals surface area (Å²) in [5, 5.41) is 12.6. The first-order chi connectivity index (χ1) is 14.3. The molecule has 3 aromatic rings. The first-order valence-corrected chi connectivity index (χ1v) is 9.81. The predicted molar refractivity (Wildman–Crippen MR) is 115 cm³/mol. The van der Waals surface area contributed by atoms with Gasteiger partial charge in [0, 0.05) is 6.20 Å². The van der Waals surface area contributed by atoms with E-state index in [9.17, 15) is 9.59 Å². The van der Waals surface area contributed by atoms with Gasteiger partial charge in [0.25, 0.3) is 5.91 Å². The Morgan fingerprint density at radius 3 is 2.47 bits per heavy atom. The molecule has 1 unspecified atom stereocenters. The number of ether oxygens (including phenoxy) is 1. The number of carbonyl (C=O) groups is 2. The fourth-order valence-corrected chi connectivity index (χ4v) is 3.10. The van der Waals surface area contributed by atoms with Gasteiger partial charge in [-0.1, -0.05) is 53.0 Å². The van der Waals surface area contributed by atoms with Crippen LogP contribution in [0.1, 0.15) is 39.2 Å². The molecule has 154 valence electrons. The summed E-state index contributed by atoms with van der Waals surface area (Å²) >= 11 is 18.2. The summed E-state index contributed by atoms with van der Waals surface area (Å²) in [7, 11) is 0. The maximum absolute atomic E-state index is 12.9. The fourth-order valence-electron chi connectivity index (χ4n) is 2.61. The largest absolute Gasteiger partial charge is 0.478 e. The summed E-state index contributed by atoms with van der Waals surface area (Å²) < 4.78 is 5.71. The third-order valence-electron chi connectivity index (χ3n) is 4.19. The van der Waals surface area contributed by atoms with Crippen molar-refractivity contribution >= 4 is 46.7 Å². The number of nitrogens with zero attached hydrogens (tertiary/aromatic N) is 1.